The smallest absolute Gasteiger partial charge is 0.347 e. The molecular weight excluding hydrogens is 332 g/mol. The first-order valence-electron chi connectivity index (χ1n) is 8.46. The fraction of sp³-hybridized carbons (Fsp3) is 0.238. The Balaban J connectivity index is 2.03. The van der Waals surface area contributed by atoms with Crippen LogP contribution in [0.25, 0.3) is 22.1 Å². The van der Waals surface area contributed by atoms with Gasteiger partial charge >= 0.3 is 11.6 Å². The zero-order valence-corrected chi connectivity index (χ0v) is 14.9. The third-order valence-electron chi connectivity index (χ3n) is 4.08. The Morgan fingerprint density at radius 1 is 1.12 bits per heavy atom. The van der Waals surface area contributed by atoms with Crippen molar-refractivity contribution in [3.8, 4) is 16.9 Å². The Hall–Kier alpha value is -3.08. The number of carbonyl (C=O) groups is 1. The number of carbonyl (C=O) groups excluding carboxylic acids is 1. The molecule has 1 unspecified atom stereocenters. The first kappa shape index (κ1) is 17.7. The van der Waals surface area contributed by atoms with E-state index in [1.54, 1.807) is 26.0 Å². The van der Waals surface area contributed by atoms with Crippen molar-refractivity contribution in [2.45, 2.75) is 26.9 Å². The number of ether oxygens (including phenoxy) is 2. The zero-order valence-electron chi connectivity index (χ0n) is 14.9. The van der Waals surface area contributed by atoms with Crippen molar-refractivity contribution < 1.29 is 18.7 Å². The second-order valence-corrected chi connectivity index (χ2v) is 5.96. The summed E-state index contributed by atoms with van der Waals surface area (Å²) in [5.74, 6) is -0.00847. The molecule has 0 aliphatic heterocycles. The van der Waals surface area contributed by atoms with Crippen molar-refractivity contribution >= 4 is 16.9 Å². The molecule has 0 saturated heterocycles. The fourth-order valence-corrected chi connectivity index (χ4v) is 2.83. The van der Waals surface area contributed by atoms with Gasteiger partial charge in [0, 0.05) is 23.1 Å². The van der Waals surface area contributed by atoms with Crippen molar-refractivity contribution in [3.05, 3.63) is 64.5 Å². The van der Waals surface area contributed by atoms with Gasteiger partial charge in [0.1, 0.15) is 11.3 Å². The maximum absolute atomic E-state index is 12.0. The maximum Gasteiger partial charge on any atom is 0.347 e. The molecular formula is C21H20O5. The number of aryl methyl sites for hydroxylation is 1. The van der Waals surface area contributed by atoms with E-state index in [2.05, 4.69) is 0 Å². The standard InChI is InChI=1S/C21H20O5/c1-4-24-21(23)14(3)25-15-9-10-17-18(12-20(22)26-19(17)11-15)16-8-6-5-7-13(16)2/h5-12,14H,4H2,1-3H3. The number of hydrogen-bond donors (Lipinski definition) is 0. The molecule has 3 aromatic rings. The van der Waals surface area contributed by atoms with Crippen LogP contribution >= 0.6 is 0 Å². The molecule has 2 aromatic carbocycles. The van der Waals surface area contributed by atoms with E-state index < -0.39 is 17.7 Å². The number of rotatable bonds is 5. The van der Waals surface area contributed by atoms with E-state index in [4.69, 9.17) is 13.9 Å². The van der Waals surface area contributed by atoms with Gasteiger partial charge in [0.2, 0.25) is 0 Å². The molecule has 1 heterocycles. The largest absolute Gasteiger partial charge is 0.479 e. The highest BCUT2D eigenvalue weighted by Crippen LogP contribution is 2.31. The summed E-state index contributed by atoms with van der Waals surface area (Å²) in [6, 6.07) is 14.5. The van der Waals surface area contributed by atoms with Crippen molar-refractivity contribution in [2.75, 3.05) is 6.61 Å². The summed E-state index contributed by atoms with van der Waals surface area (Å²) in [6.45, 7) is 5.64. The molecule has 0 amide bonds. The van der Waals surface area contributed by atoms with Gasteiger partial charge in [0.05, 0.1) is 6.61 Å². The van der Waals surface area contributed by atoms with Crippen LogP contribution in [0.3, 0.4) is 0 Å². The Morgan fingerprint density at radius 3 is 2.62 bits per heavy atom. The molecule has 0 radical (unpaired) electrons. The van der Waals surface area contributed by atoms with Crippen molar-refractivity contribution in [1.29, 1.82) is 0 Å². The van der Waals surface area contributed by atoms with E-state index in [0.717, 1.165) is 22.1 Å². The third kappa shape index (κ3) is 3.61. The number of benzene rings is 2. The number of esters is 1. The van der Waals surface area contributed by atoms with E-state index in [1.165, 1.54) is 6.07 Å². The molecule has 1 aromatic heterocycles. The molecule has 0 spiro atoms. The summed E-state index contributed by atoms with van der Waals surface area (Å²) in [6.07, 6.45) is -0.751. The van der Waals surface area contributed by atoms with Gasteiger partial charge in [-0.2, -0.15) is 0 Å². The first-order chi connectivity index (χ1) is 12.5. The monoisotopic (exact) mass is 352 g/mol. The van der Waals surface area contributed by atoms with Gasteiger partial charge in [0.25, 0.3) is 0 Å². The molecule has 0 aliphatic carbocycles. The van der Waals surface area contributed by atoms with Gasteiger partial charge in [-0.3, -0.25) is 0 Å². The van der Waals surface area contributed by atoms with Crippen LogP contribution in [0.4, 0.5) is 0 Å². The number of fused-ring (bicyclic) bond motifs is 1. The fourth-order valence-electron chi connectivity index (χ4n) is 2.83. The van der Waals surface area contributed by atoms with Crippen LogP contribution in [-0.4, -0.2) is 18.7 Å². The average molecular weight is 352 g/mol. The summed E-state index contributed by atoms with van der Waals surface area (Å²) in [5.41, 5.74) is 2.81. The molecule has 0 fully saturated rings. The van der Waals surface area contributed by atoms with Crippen molar-refractivity contribution in [3.63, 3.8) is 0 Å². The van der Waals surface area contributed by atoms with Crippen molar-refractivity contribution in [1.82, 2.24) is 0 Å². The Bertz CT molecular complexity index is 1000. The highest BCUT2D eigenvalue weighted by Gasteiger charge is 2.17. The molecule has 0 aliphatic rings. The molecule has 134 valence electrons. The molecule has 26 heavy (non-hydrogen) atoms. The second kappa shape index (κ2) is 7.44. The van der Waals surface area contributed by atoms with Gasteiger partial charge in [-0.05, 0) is 44.0 Å². The first-order valence-corrected chi connectivity index (χ1v) is 8.46. The predicted octanol–water partition coefficient (Wildman–Crippen LogP) is 4.10. The third-order valence-corrected chi connectivity index (χ3v) is 4.08. The van der Waals surface area contributed by atoms with Gasteiger partial charge < -0.3 is 13.9 Å². The lowest BCUT2D eigenvalue weighted by atomic mass is 9.98. The summed E-state index contributed by atoms with van der Waals surface area (Å²) in [5, 5.41) is 0.801. The lowest BCUT2D eigenvalue weighted by Crippen LogP contribution is -2.26. The van der Waals surface area contributed by atoms with Crippen molar-refractivity contribution in [2.24, 2.45) is 0 Å². The van der Waals surface area contributed by atoms with E-state index in [9.17, 15) is 9.59 Å². The minimum atomic E-state index is -0.751. The maximum atomic E-state index is 12.0. The zero-order chi connectivity index (χ0) is 18.7. The van der Waals surface area contributed by atoms with Crippen LogP contribution in [0, 0.1) is 6.92 Å². The molecule has 3 rings (SSSR count). The molecule has 1 atom stereocenters. The lowest BCUT2D eigenvalue weighted by molar-refractivity contribution is -0.150. The predicted molar refractivity (Wildman–Crippen MR) is 99.4 cm³/mol. The Labute approximate surface area is 151 Å². The molecule has 5 nitrogen and oxygen atoms in total. The van der Waals surface area contributed by atoms with Crippen LogP contribution < -0.4 is 10.4 Å². The van der Waals surface area contributed by atoms with Crippen LogP contribution in [0.2, 0.25) is 0 Å². The Kier molecular flexibility index (Phi) is 5.07. The number of hydrogen-bond acceptors (Lipinski definition) is 5. The van der Waals surface area contributed by atoms with Crippen LogP contribution in [0.1, 0.15) is 19.4 Å². The lowest BCUT2D eigenvalue weighted by Gasteiger charge is -2.14. The SMILES string of the molecule is CCOC(=O)C(C)Oc1ccc2c(-c3ccccc3C)cc(=O)oc2c1. The quantitative estimate of drug-likeness (QED) is 0.511. The van der Waals surface area contributed by atoms with E-state index in [-0.39, 0.29) is 0 Å². The molecule has 0 saturated carbocycles. The highest BCUT2D eigenvalue weighted by molar-refractivity contribution is 5.94. The Morgan fingerprint density at radius 2 is 1.88 bits per heavy atom. The summed E-state index contributed by atoms with van der Waals surface area (Å²) < 4.78 is 15.9. The average Bonchev–Trinajstić information content (AvgIpc) is 2.61. The summed E-state index contributed by atoms with van der Waals surface area (Å²) in [4.78, 5) is 23.8. The second-order valence-electron chi connectivity index (χ2n) is 5.96. The molecule has 0 N–H and O–H groups in total. The topological polar surface area (TPSA) is 65.7 Å². The van der Waals surface area contributed by atoms with E-state index in [1.807, 2.05) is 37.3 Å². The van der Waals surface area contributed by atoms with Gasteiger partial charge in [-0.25, -0.2) is 9.59 Å². The summed E-state index contributed by atoms with van der Waals surface area (Å²) >= 11 is 0. The molecule has 0 bridgehead atoms. The minimum absolute atomic E-state index is 0.291. The van der Waals surface area contributed by atoms with Crippen LogP contribution in [-0.2, 0) is 9.53 Å². The van der Waals surface area contributed by atoms with Crippen LogP contribution in [0.5, 0.6) is 5.75 Å². The van der Waals surface area contributed by atoms with Gasteiger partial charge in [0.15, 0.2) is 6.10 Å². The van der Waals surface area contributed by atoms with Gasteiger partial charge in [-0.1, -0.05) is 24.3 Å². The van der Waals surface area contributed by atoms with Crippen LogP contribution in [0.15, 0.2) is 57.7 Å². The van der Waals surface area contributed by atoms with E-state index >= 15 is 0 Å². The normalized spacial score (nSPS) is 12.0. The van der Waals surface area contributed by atoms with Gasteiger partial charge in [-0.15, -0.1) is 0 Å². The highest BCUT2D eigenvalue weighted by atomic mass is 16.6. The summed E-state index contributed by atoms with van der Waals surface area (Å²) in [7, 11) is 0. The minimum Gasteiger partial charge on any atom is -0.479 e. The van der Waals surface area contributed by atoms with E-state index in [0.29, 0.717) is 17.9 Å². The molecule has 5 heteroatoms.